The summed E-state index contributed by atoms with van der Waals surface area (Å²) in [6, 6.07) is 0. The Morgan fingerprint density at radius 3 is 2.64 bits per heavy atom. The summed E-state index contributed by atoms with van der Waals surface area (Å²) in [7, 11) is 0. The van der Waals surface area contributed by atoms with E-state index in [-0.39, 0.29) is 29.3 Å². The van der Waals surface area contributed by atoms with Crippen LogP contribution < -0.4 is 5.11 Å². The summed E-state index contributed by atoms with van der Waals surface area (Å²) in [6.07, 6.45) is 8.69. The third-order valence-corrected chi connectivity index (χ3v) is 10.1. The molecule has 0 spiro atoms. The second-order valence-electron chi connectivity index (χ2n) is 11.1. The third-order valence-electron chi connectivity index (χ3n) is 10.1. The fraction of sp³-hybridized carbons (Fsp3) is 0.917. The molecule has 9 atom stereocenters. The van der Waals surface area contributed by atoms with Crippen LogP contribution in [0.15, 0.2) is 0 Å². The van der Waals surface area contributed by atoms with E-state index in [2.05, 4.69) is 20.8 Å². The van der Waals surface area contributed by atoms with Crippen LogP contribution in [0.1, 0.15) is 85.0 Å². The molecule has 0 heterocycles. The monoisotopic (exact) mass is 389 g/mol. The van der Waals surface area contributed by atoms with E-state index in [0.717, 1.165) is 32.1 Å². The number of carbonyl (C=O) groups excluding carboxylic acids is 2. The molecule has 4 fully saturated rings. The number of aliphatic carboxylic acids is 1. The maximum atomic E-state index is 13.6. The standard InChI is InChI=1S/C24H38O4/c1-14(4-9-22(27)28)18-7-8-19-17-6-5-15-12-16(25)10-11-23(15,2)20(17)13-21(26)24(18,19)3/h14-20,25H,4-13H2,1-3H3,(H,27,28)/p-1/t14-,15+,16+,17-,18+,19+,20-,23+,24-/m1/s1. The van der Waals surface area contributed by atoms with E-state index in [9.17, 15) is 19.8 Å². The molecule has 0 aromatic carbocycles. The molecule has 0 saturated heterocycles. The molecule has 0 aromatic rings. The zero-order valence-electron chi connectivity index (χ0n) is 17.8. The largest absolute Gasteiger partial charge is 0.550 e. The Labute approximate surface area is 169 Å². The van der Waals surface area contributed by atoms with E-state index >= 15 is 0 Å². The van der Waals surface area contributed by atoms with Crippen LogP contribution >= 0.6 is 0 Å². The normalized spacial score (nSPS) is 49.1. The van der Waals surface area contributed by atoms with Crippen LogP contribution in [0.4, 0.5) is 0 Å². The first-order valence-corrected chi connectivity index (χ1v) is 11.6. The number of hydrogen-bond donors (Lipinski definition) is 1. The van der Waals surface area contributed by atoms with Crippen molar-refractivity contribution in [3.05, 3.63) is 0 Å². The highest BCUT2D eigenvalue weighted by molar-refractivity contribution is 5.87. The molecule has 4 nitrogen and oxygen atoms in total. The first kappa shape index (κ1) is 20.4. The highest BCUT2D eigenvalue weighted by Gasteiger charge is 2.63. The second-order valence-corrected chi connectivity index (χ2v) is 11.1. The molecule has 0 radical (unpaired) electrons. The van der Waals surface area contributed by atoms with Gasteiger partial charge in [0, 0.05) is 17.8 Å². The zero-order valence-corrected chi connectivity index (χ0v) is 17.8. The lowest BCUT2D eigenvalue weighted by molar-refractivity contribution is -0.306. The van der Waals surface area contributed by atoms with Gasteiger partial charge >= 0.3 is 0 Å². The van der Waals surface area contributed by atoms with Crippen molar-refractivity contribution in [1.82, 2.24) is 0 Å². The molecule has 1 N–H and O–H groups in total. The number of fused-ring (bicyclic) bond motifs is 5. The Morgan fingerprint density at radius 2 is 1.93 bits per heavy atom. The summed E-state index contributed by atoms with van der Waals surface area (Å²) in [5.74, 6) is 2.14. The van der Waals surface area contributed by atoms with Gasteiger partial charge in [0.25, 0.3) is 0 Å². The van der Waals surface area contributed by atoms with Crippen LogP contribution in [0.25, 0.3) is 0 Å². The maximum Gasteiger partial charge on any atom is 0.139 e. The van der Waals surface area contributed by atoms with Gasteiger partial charge in [0.05, 0.1) is 6.10 Å². The smallest absolute Gasteiger partial charge is 0.139 e. The van der Waals surface area contributed by atoms with E-state index in [0.29, 0.717) is 48.2 Å². The molecule has 0 bridgehead atoms. The summed E-state index contributed by atoms with van der Waals surface area (Å²) < 4.78 is 0. The molecule has 0 aromatic heterocycles. The van der Waals surface area contributed by atoms with Crippen molar-refractivity contribution in [1.29, 1.82) is 0 Å². The number of hydrogen-bond acceptors (Lipinski definition) is 4. The van der Waals surface area contributed by atoms with Gasteiger partial charge in [-0.1, -0.05) is 20.8 Å². The Morgan fingerprint density at radius 1 is 1.18 bits per heavy atom. The third kappa shape index (κ3) is 2.97. The SMILES string of the molecule is C[C@H](CCC(=O)[O-])[C@@H]1CC[C@H]2[C@H]3CC[C@H]4C[C@@H](O)CC[C@]4(C)[C@@H]3CC(=O)[C@@]21C. The molecule has 4 aliphatic carbocycles. The molecule has 4 aliphatic rings. The number of aliphatic hydroxyl groups is 1. The molecule has 4 rings (SSSR count). The number of rotatable bonds is 4. The molecular weight excluding hydrogens is 352 g/mol. The molecule has 0 unspecified atom stereocenters. The molecule has 158 valence electrons. The fourth-order valence-corrected chi connectivity index (χ4v) is 8.43. The minimum atomic E-state index is -0.979. The predicted octanol–water partition coefficient (Wildman–Crippen LogP) is 3.35. The summed E-state index contributed by atoms with van der Waals surface area (Å²) >= 11 is 0. The van der Waals surface area contributed by atoms with Crippen LogP contribution in [0.5, 0.6) is 0 Å². The Balaban J connectivity index is 1.57. The summed E-state index contributed by atoms with van der Waals surface area (Å²) in [5, 5.41) is 21.1. The van der Waals surface area contributed by atoms with Crippen molar-refractivity contribution in [2.24, 2.45) is 46.3 Å². The number of carboxylic acids is 1. The van der Waals surface area contributed by atoms with E-state index in [1.807, 2.05) is 0 Å². The summed E-state index contributed by atoms with van der Waals surface area (Å²) in [6.45, 7) is 6.76. The molecule has 0 amide bonds. The molecule has 4 saturated carbocycles. The predicted molar refractivity (Wildman–Crippen MR) is 105 cm³/mol. The fourth-order valence-electron chi connectivity index (χ4n) is 8.43. The van der Waals surface area contributed by atoms with Crippen LogP contribution in [0.3, 0.4) is 0 Å². The minimum absolute atomic E-state index is 0.0980. The van der Waals surface area contributed by atoms with Gasteiger partial charge in [-0.2, -0.15) is 0 Å². The van der Waals surface area contributed by atoms with E-state index < -0.39 is 5.97 Å². The number of carbonyl (C=O) groups is 2. The highest BCUT2D eigenvalue weighted by atomic mass is 16.4. The Kier molecular flexibility index (Phi) is 5.17. The van der Waals surface area contributed by atoms with Crippen LogP contribution in [0.2, 0.25) is 0 Å². The van der Waals surface area contributed by atoms with Gasteiger partial charge in [-0.05, 0) is 98.7 Å². The average molecular weight is 390 g/mol. The van der Waals surface area contributed by atoms with Gasteiger partial charge in [0.15, 0.2) is 0 Å². The lowest BCUT2D eigenvalue weighted by atomic mass is 9.44. The Bertz CT molecular complexity index is 645. The van der Waals surface area contributed by atoms with E-state index in [4.69, 9.17) is 0 Å². The maximum absolute atomic E-state index is 13.6. The average Bonchev–Trinajstić information content (AvgIpc) is 3.00. The van der Waals surface area contributed by atoms with Crippen molar-refractivity contribution >= 4 is 11.8 Å². The number of aliphatic hydroxyl groups excluding tert-OH is 1. The lowest BCUT2D eigenvalue weighted by Crippen LogP contribution is -2.57. The lowest BCUT2D eigenvalue weighted by Gasteiger charge is -2.60. The molecule has 28 heavy (non-hydrogen) atoms. The quantitative estimate of drug-likeness (QED) is 0.800. The van der Waals surface area contributed by atoms with Crippen LogP contribution in [-0.4, -0.2) is 23.0 Å². The van der Waals surface area contributed by atoms with Gasteiger partial charge in [-0.25, -0.2) is 0 Å². The van der Waals surface area contributed by atoms with Crippen LogP contribution in [0, 0.1) is 46.3 Å². The van der Waals surface area contributed by atoms with E-state index in [1.165, 1.54) is 12.8 Å². The summed E-state index contributed by atoms with van der Waals surface area (Å²) in [4.78, 5) is 24.5. The van der Waals surface area contributed by atoms with Gasteiger partial charge in [-0.15, -0.1) is 0 Å². The highest BCUT2D eigenvalue weighted by Crippen LogP contribution is 2.67. The van der Waals surface area contributed by atoms with Crippen molar-refractivity contribution in [3.8, 4) is 0 Å². The first-order chi connectivity index (χ1) is 13.2. The minimum Gasteiger partial charge on any atom is -0.550 e. The van der Waals surface area contributed by atoms with Gasteiger partial charge in [0.1, 0.15) is 5.78 Å². The van der Waals surface area contributed by atoms with Crippen molar-refractivity contribution in [3.63, 3.8) is 0 Å². The van der Waals surface area contributed by atoms with Gasteiger partial charge in [0.2, 0.25) is 0 Å². The summed E-state index contributed by atoms with van der Waals surface area (Å²) in [5.41, 5.74) is -0.0677. The van der Waals surface area contributed by atoms with E-state index in [1.54, 1.807) is 0 Å². The van der Waals surface area contributed by atoms with Crippen molar-refractivity contribution < 1.29 is 19.8 Å². The molecule has 0 aliphatic heterocycles. The van der Waals surface area contributed by atoms with Gasteiger partial charge < -0.3 is 15.0 Å². The first-order valence-electron chi connectivity index (χ1n) is 11.6. The Hall–Kier alpha value is -0.900. The van der Waals surface area contributed by atoms with Crippen LogP contribution in [-0.2, 0) is 9.59 Å². The molecular formula is C24H37O4-. The topological polar surface area (TPSA) is 77.4 Å². The van der Waals surface area contributed by atoms with Gasteiger partial charge in [-0.3, -0.25) is 4.79 Å². The van der Waals surface area contributed by atoms with Crippen molar-refractivity contribution in [2.75, 3.05) is 0 Å². The number of carboxylic acid groups (broad SMARTS) is 1. The second kappa shape index (κ2) is 7.11. The number of Topliss-reactive ketones (excluding diaryl/α,β-unsaturated/α-hetero) is 1. The zero-order chi connectivity index (χ0) is 20.3. The molecule has 4 heteroatoms. The number of ketones is 1. The van der Waals surface area contributed by atoms with Crippen molar-refractivity contribution in [2.45, 2.75) is 91.1 Å².